The van der Waals surface area contributed by atoms with E-state index in [-0.39, 0.29) is 33.9 Å². The maximum absolute atomic E-state index is 13.0. The fourth-order valence-corrected chi connectivity index (χ4v) is 4.29. The van der Waals surface area contributed by atoms with Crippen LogP contribution in [0.15, 0.2) is 75.0 Å². The summed E-state index contributed by atoms with van der Waals surface area (Å²) in [5, 5.41) is 7.91. The van der Waals surface area contributed by atoms with Gasteiger partial charge < -0.3 is 10.1 Å². The predicted octanol–water partition coefficient (Wildman–Crippen LogP) is 5.93. The van der Waals surface area contributed by atoms with Gasteiger partial charge in [-0.25, -0.2) is 4.98 Å². The van der Waals surface area contributed by atoms with Gasteiger partial charge >= 0.3 is 0 Å². The Morgan fingerprint density at radius 1 is 1.14 bits per heavy atom. The van der Waals surface area contributed by atoms with Crippen LogP contribution in [0, 0.1) is 0 Å². The van der Waals surface area contributed by atoms with Gasteiger partial charge in [0.1, 0.15) is 5.82 Å². The summed E-state index contributed by atoms with van der Waals surface area (Å²) in [6.07, 6.45) is 1.98. The molecular weight excluding hydrogens is 555 g/mol. The van der Waals surface area contributed by atoms with Gasteiger partial charge in [-0.2, -0.15) is 9.78 Å². The largest absolute Gasteiger partial charge is 0.481 e. The molecule has 0 unspecified atom stereocenters. The first-order chi connectivity index (χ1) is 16.9. The Morgan fingerprint density at radius 2 is 1.86 bits per heavy atom. The van der Waals surface area contributed by atoms with Crippen molar-refractivity contribution < 1.29 is 9.53 Å². The van der Waals surface area contributed by atoms with Crippen LogP contribution in [0.5, 0.6) is 5.75 Å². The maximum Gasteiger partial charge on any atom is 0.282 e. The molecule has 0 atom stereocenters. The van der Waals surface area contributed by atoms with E-state index >= 15 is 0 Å². The molecule has 10 heteroatoms. The number of ether oxygens (including phenoxy) is 1. The standard InChI is InChI=1S/C25H19BrCl2N4O3/c1-2-22-31-21-9-8-16(26)12-18(21)25(34)32(22)29-13-15-10-19(27)24(20(28)11-15)35-14-23(33)30-17-6-4-3-5-7-17/h3-13H,2,14H2,1H3,(H,30,33). The number of fused-ring (bicyclic) bond motifs is 1. The van der Waals surface area contributed by atoms with Gasteiger partial charge in [0.2, 0.25) is 0 Å². The molecule has 178 valence electrons. The maximum atomic E-state index is 13.0. The fraction of sp³-hybridized carbons (Fsp3) is 0.120. The van der Waals surface area contributed by atoms with Gasteiger partial charge in [-0.15, -0.1) is 0 Å². The molecule has 1 N–H and O–H groups in total. The van der Waals surface area contributed by atoms with Crippen LogP contribution in [0.2, 0.25) is 10.0 Å². The van der Waals surface area contributed by atoms with E-state index < -0.39 is 0 Å². The van der Waals surface area contributed by atoms with E-state index in [1.54, 1.807) is 36.4 Å². The van der Waals surface area contributed by atoms with E-state index in [0.29, 0.717) is 34.4 Å². The van der Waals surface area contributed by atoms with E-state index in [1.807, 2.05) is 31.2 Å². The van der Waals surface area contributed by atoms with Gasteiger partial charge in [0, 0.05) is 16.6 Å². The second-order valence-electron chi connectivity index (χ2n) is 7.42. The molecule has 0 radical (unpaired) electrons. The number of aryl methyl sites for hydroxylation is 1. The van der Waals surface area contributed by atoms with Crippen molar-refractivity contribution in [1.29, 1.82) is 0 Å². The normalized spacial score (nSPS) is 11.2. The van der Waals surface area contributed by atoms with Crippen molar-refractivity contribution in [2.24, 2.45) is 5.10 Å². The minimum absolute atomic E-state index is 0.178. The summed E-state index contributed by atoms with van der Waals surface area (Å²) in [5.41, 5.74) is 1.52. The second-order valence-corrected chi connectivity index (χ2v) is 9.15. The summed E-state index contributed by atoms with van der Waals surface area (Å²) in [4.78, 5) is 29.7. The summed E-state index contributed by atoms with van der Waals surface area (Å²) in [6, 6.07) is 17.5. The smallest absolute Gasteiger partial charge is 0.282 e. The number of hydrogen-bond donors (Lipinski definition) is 1. The third-order valence-corrected chi connectivity index (χ3v) is 5.99. The summed E-state index contributed by atoms with van der Waals surface area (Å²) in [7, 11) is 0. The lowest BCUT2D eigenvalue weighted by atomic mass is 10.2. The van der Waals surface area contributed by atoms with Gasteiger partial charge in [0.05, 0.1) is 27.2 Å². The number of amides is 1. The summed E-state index contributed by atoms with van der Waals surface area (Å²) in [6.45, 7) is 1.63. The minimum atomic E-state index is -0.351. The number of rotatable bonds is 7. The number of anilines is 1. The third kappa shape index (κ3) is 5.90. The lowest BCUT2D eigenvalue weighted by molar-refractivity contribution is -0.118. The fourth-order valence-electron chi connectivity index (χ4n) is 3.32. The van der Waals surface area contributed by atoms with Crippen LogP contribution in [0.25, 0.3) is 10.9 Å². The van der Waals surface area contributed by atoms with Gasteiger partial charge in [0.15, 0.2) is 12.4 Å². The average molecular weight is 574 g/mol. The lowest BCUT2D eigenvalue weighted by Crippen LogP contribution is -2.22. The quantitative estimate of drug-likeness (QED) is 0.278. The van der Waals surface area contributed by atoms with Crippen molar-refractivity contribution in [3.05, 3.63) is 96.9 Å². The molecule has 0 saturated heterocycles. The first kappa shape index (κ1) is 24.9. The number of halogens is 3. The van der Waals surface area contributed by atoms with Crippen LogP contribution >= 0.6 is 39.1 Å². The van der Waals surface area contributed by atoms with Gasteiger partial charge in [-0.05, 0) is 48.0 Å². The first-order valence-electron chi connectivity index (χ1n) is 10.6. The van der Waals surface area contributed by atoms with Crippen molar-refractivity contribution in [3.8, 4) is 5.75 Å². The zero-order valence-corrected chi connectivity index (χ0v) is 21.6. The molecule has 3 aromatic carbocycles. The summed E-state index contributed by atoms with van der Waals surface area (Å²) in [5.74, 6) is 0.343. The molecule has 0 saturated carbocycles. The molecule has 0 aliphatic heterocycles. The van der Waals surface area contributed by atoms with Gasteiger partial charge in [-0.3, -0.25) is 9.59 Å². The molecule has 4 rings (SSSR count). The van der Waals surface area contributed by atoms with Crippen molar-refractivity contribution in [1.82, 2.24) is 9.66 Å². The van der Waals surface area contributed by atoms with Gasteiger partial charge in [0.25, 0.3) is 11.5 Å². The Balaban J connectivity index is 1.54. The van der Waals surface area contributed by atoms with Crippen LogP contribution in [-0.2, 0) is 11.2 Å². The molecule has 0 fully saturated rings. The number of carbonyl (C=O) groups is 1. The highest BCUT2D eigenvalue weighted by Gasteiger charge is 2.13. The topological polar surface area (TPSA) is 85.6 Å². The average Bonchev–Trinajstić information content (AvgIpc) is 2.83. The van der Waals surface area contributed by atoms with Crippen LogP contribution < -0.4 is 15.6 Å². The Bertz CT molecular complexity index is 1470. The zero-order valence-electron chi connectivity index (χ0n) is 18.5. The van der Waals surface area contributed by atoms with Crippen LogP contribution in [-0.4, -0.2) is 28.4 Å². The Hall–Kier alpha value is -3.20. The van der Waals surface area contributed by atoms with Gasteiger partial charge in [-0.1, -0.05) is 64.3 Å². The highest BCUT2D eigenvalue weighted by molar-refractivity contribution is 9.10. The highest BCUT2D eigenvalue weighted by atomic mass is 79.9. The lowest BCUT2D eigenvalue weighted by Gasteiger charge is -2.11. The van der Waals surface area contributed by atoms with E-state index in [0.717, 1.165) is 4.47 Å². The van der Waals surface area contributed by atoms with Crippen LogP contribution in [0.4, 0.5) is 5.69 Å². The number of benzene rings is 3. The molecule has 0 aliphatic carbocycles. The second kappa shape index (κ2) is 11.0. The van der Waals surface area contributed by atoms with E-state index in [1.165, 1.54) is 10.9 Å². The van der Waals surface area contributed by atoms with Crippen LogP contribution in [0.3, 0.4) is 0 Å². The van der Waals surface area contributed by atoms with Crippen molar-refractivity contribution in [2.75, 3.05) is 11.9 Å². The molecule has 35 heavy (non-hydrogen) atoms. The summed E-state index contributed by atoms with van der Waals surface area (Å²) < 4.78 is 7.58. The molecule has 4 aromatic rings. The van der Waals surface area contributed by atoms with Crippen LogP contribution in [0.1, 0.15) is 18.3 Å². The number of aromatic nitrogens is 2. The number of para-hydroxylation sites is 1. The predicted molar refractivity (Wildman–Crippen MR) is 143 cm³/mol. The van der Waals surface area contributed by atoms with Crippen molar-refractivity contribution in [3.63, 3.8) is 0 Å². The number of nitrogens with zero attached hydrogens (tertiary/aromatic N) is 3. The molecule has 0 aliphatic rings. The zero-order chi connectivity index (χ0) is 24.9. The molecule has 0 bridgehead atoms. The van der Waals surface area contributed by atoms with E-state index in [2.05, 4.69) is 31.3 Å². The molecule has 0 spiro atoms. The molecular formula is C25H19BrCl2N4O3. The molecule has 1 amide bonds. The van der Waals surface area contributed by atoms with Crippen molar-refractivity contribution >= 4 is 67.8 Å². The number of nitrogens with one attached hydrogen (secondary N) is 1. The first-order valence-corrected chi connectivity index (χ1v) is 12.1. The number of hydrogen-bond acceptors (Lipinski definition) is 5. The highest BCUT2D eigenvalue weighted by Crippen LogP contribution is 2.34. The summed E-state index contributed by atoms with van der Waals surface area (Å²) >= 11 is 16.1. The monoisotopic (exact) mass is 572 g/mol. The SMILES string of the molecule is CCc1nc2ccc(Br)cc2c(=O)n1N=Cc1cc(Cl)c(OCC(=O)Nc2ccccc2)c(Cl)c1. The molecule has 1 heterocycles. The minimum Gasteiger partial charge on any atom is -0.481 e. The Kier molecular flexibility index (Phi) is 7.85. The number of carbonyl (C=O) groups excluding carboxylic acids is 1. The Labute approximate surface area is 219 Å². The van der Waals surface area contributed by atoms with E-state index in [4.69, 9.17) is 27.9 Å². The molecule has 1 aromatic heterocycles. The third-order valence-electron chi connectivity index (χ3n) is 4.94. The molecule has 7 nitrogen and oxygen atoms in total. The van der Waals surface area contributed by atoms with Crippen molar-refractivity contribution in [2.45, 2.75) is 13.3 Å². The van der Waals surface area contributed by atoms with E-state index in [9.17, 15) is 9.59 Å². The Morgan fingerprint density at radius 3 is 2.54 bits per heavy atom.